The fraction of sp³-hybridized carbons (Fsp3) is 0.300. The number of para-hydroxylation sites is 1. The number of carbonyl (C=O) groups is 2. The van der Waals surface area contributed by atoms with E-state index in [2.05, 4.69) is 10.6 Å². The quantitative estimate of drug-likeness (QED) is 0.614. The number of nitrogens with one attached hydrogen (secondary N) is 2. The van der Waals surface area contributed by atoms with Gasteiger partial charge in [0.25, 0.3) is 11.8 Å². The van der Waals surface area contributed by atoms with Crippen LogP contribution in [0.4, 0.5) is 0 Å². The fourth-order valence-corrected chi connectivity index (χ4v) is 2.46. The molecule has 25 heavy (non-hydrogen) atoms. The molecular weight excluding hydrogens is 316 g/mol. The molecule has 0 aliphatic carbocycles. The second-order valence-electron chi connectivity index (χ2n) is 5.81. The molecule has 0 aliphatic rings. The normalized spacial score (nSPS) is 10.2. The third kappa shape index (κ3) is 6.30. The summed E-state index contributed by atoms with van der Waals surface area (Å²) in [5.74, 6) is -0.307. The molecular formula is C20H24N2O3. The summed E-state index contributed by atoms with van der Waals surface area (Å²) in [4.78, 5) is 23.7. The molecule has 0 unspecified atom stereocenters. The molecule has 0 saturated heterocycles. The van der Waals surface area contributed by atoms with Crippen LogP contribution in [-0.2, 0) is 0 Å². The molecule has 0 aliphatic heterocycles. The van der Waals surface area contributed by atoms with Crippen molar-refractivity contribution in [2.24, 2.45) is 0 Å². The van der Waals surface area contributed by atoms with E-state index in [0.29, 0.717) is 24.2 Å². The highest BCUT2D eigenvalue weighted by Crippen LogP contribution is 2.14. The number of carbonyl (C=O) groups excluding carboxylic acids is 2. The fourth-order valence-electron chi connectivity index (χ4n) is 2.46. The SMILES string of the molecule is O=C(NCCCCCCNC(=O)c1ccccc1O)c1ccccc1. The van der Waals surface area contributed by atoms with Crippen LogP contribution in [0.25, 0.3) is 0 Å². The van der Waals surface area contributed by atoms with E-state index in [4.69, 9.17) is 0 Å². The maximum atomic E-state index is 11.9. The van der Waals surface area contributed by atoms with Crippen molar-refractivity contribution in [1.82, 2.24) is 10.6 Å². The van der Waals surface area contributed by atoms with Gasteiger partial charge in [0.2, 0.25) is 0 Å². The molecule has 0 fully saturated rings. The Morgan fingerprint density at radius 1 is 0.720 bits per heavy atom. The van der Waals surface area contributed by atoms with Crippen molar-refractivity contribution in [2.45, 2.75) is 25.7 Å². The summed E-state index contributed by atoms with van der Waals surface area (Å²) >= 11 is 0. The van der Waals surface area contributed by atoms with Crippen molar-refractivity contribution < 1.29 is 14.7 Å². The molecule has 2 aromatic carbocycles. The number of phenols is 1. The van der Waals surface area contributed by atoms with E-state index in [-0.39, 0.29) is 17.6 Å². The molecule has 5 nitrogen and oxygen atoms in total. The Hall–Kier alpha value is -2.82. The van der Waals surface area contributed by atoms with E-state index in [1.807, 2.05) is 18.2 Å². The third-order valence-electron chi connectivity index (χ3n) is 3.86. The Morgan fingerprint density at radius 2 is 1.28 bits per heavy atom. The van der Waals surface area contributed by atoms with Gasteiger partial charge in [-0.1, -0.05) is 43.2 Å². The van der Waals surface area contributed by atoms with E-state index in [0.717, 1.165) is 25.7 Å². The van der Waals surface area contributed by atoms with Gasteiger partial charge in [-0.05, 0) is 37.1 Å². The maximum absolute atomic E-state index is 11.9. The number of benzene rings is 2. The molecule has 0 spiro atoms. The first-order valence-electron chi connectivity index (χ1n) is 8.58. The molecule has 0 bridgehead atoms. The molecule has 0 heterocycles. The monoisotopic (exact) mass is 340 g/mol. The van der Waals surface area contributed by atoms with E-state index in [1.165, 1.54) is 6.07 Å². The minimum Gasteiger partial charge on any atom is -0.507 e. The molecule has 5 heteroatoms. The molecule has 2 rings (SSSR count). The predicted octanol–water partition coefficient (Wildman–Crippen LogP) is 3.11. The number of aromatic hydroxyl groups is 1. The molecule has 3 N–H and O–H groups in total. The minimum atomic E-state index is -0.256. The van der Waals surface area contributed by atoms with Gasteiger partial charge in [-0.3, -0.25) is 9.59 Å². The predicted molar refractivity (Wildman–Crippen MR) is 97.7 cm³/mol. The molecule has 132 valence electrons. The van der Waals surface area contributed by atoms with Crippen molar-refractivity contribution in [3.8, 4) is 5.75 Å². The smallest absolute Gasteiger partial charge is 0.255 e. The second kappa shape index (κ2) is 10.1. The van der Waals surface area contributed by atoms with E-state index in [9.17, 15) is 14.7 Å². The van der Waals surface area contributed by atoms with E-state index >= 15 is 0 Å². The lowest BCUT2D eigenvalue weighted by atomic mass is 10.1. The van der Waals surface area contributed by atoms with Crippen LogP contribution in [0, 0.1) is 0 Å². The highest BCUT2D eigenvalue weighted by Gasteiger charge is 2.08. The van der Waals surface area contributed by atoms with Crippen molar-refractivity contribution in [3.63, 3.8) is 0 Å². The lowest BCUT2D eigenvalue weighted by Gasteiger charge is -2.07. The van der Waals surface area contributed by atoms with Crippen molar-refractivity contribution >= 4 is 11.8 Å². The van der Waals surface area contributed by atoms with Gasteiger partial charge < -0.3 is 15.7 Å². The summed E-state index contributed by atoms with van der Waals surface area (Å²) in [5, 5.41) is 15.3. The summed E-state index contributed by atoms with van der Waals surface area (Å²) in [6, 6.07) is 15.7. The Labute approximate surface area is 148 Å². The van der Waals surface area contributed by atoms with Gasteiger partial charge in [-0.15, -0.1) is 0 Å². The average molecular weight is 340 g/mol. The Kier molecular flexibility index (Phi) is 7.50. The highest BCUT2D eigenvalue weighted by atomic mass is 16.3. The van der Waals surface area contributed by atoms with E-state index < -0.39 is 0 Å². The molecule has 2 aromatic rings. The summed E-state index contributed by atoms with van der Waals surface area (Å²) in [5.41, 5.74) is 0.973. The summed E-state index contributed by atoms with van der Waals surface area (Å²) in [6.07, 6.45) is 3.74. The Morgan fingerprint density at radius 3 is 1.92 bits per heavy atom. The van der Waals surface area contributed by atoms with E-state index in [1.54, 1.807) is 30.3 Å². The third-order valence-corrected chi connectivity index (χ3v) is 3.86. The standard InChI is InChI=1S/C20H24N2O3/c23-18-13-7-6-12-17(18)20(25)22-15-9-2-1-8-14-21-19(24)16-10-4-3-5-11-16/h3-7,10-13,23H,1-2,8-9,14-15H2,(H,21,24)(H,22,25). The van der Waals surface area contributed by atoms with Crippen LogP contribution in [0.15, 0.2) is 54.6 Å². The first-order chi connectivity index (χ1) is 12.2. The largest absolute Gasteiger partial charge is 0.507 e. The molecule has 2 amide bonds. The number of hydrogen-bond acceptors (Lipinski definition) is 3. The first-order valence-corrected chi connectivity index (χ1v) is 8.58. The highest BCUT2D eigenvalue weighted by molar-refractivity contribution is 5.96. The second-order valence-corrected chi connectivity index (χ2v) is 5.81. The lowest BCUT2D eigenvalue weighted by Crippen LogP contribution is -2.25. The van der Waals surface area contributed by atoms with Gasteiger partial charge in [0, 0.05) is 18.7 Å². The van der Waals surface area contributed by atoms with Crippen molar-refractivity contribution in [1.29, 1.82) is 0 Å². The molecule has 0 radical (unpaired) electrons. The zero-order chi connectivity index (χ0) is 17.9. The number of hydrogen-bond donors (Lipinski definition) is 3. The van der Waals surface area contributed by atoms with Crippen LogP contribution in [0.1, 0.15) is 46.4 Å². The minimum absolute atomic E-state index is 0.00541. The topological polar surface area (TPSA) is 78.4 Å². The molecule has 0 aromatic heterocycles. The number of rotatable bonds is 9. The van der Waals surface area contributed by atoms with Crippen molar-refractivity contribution in [2.75, 3.05) is 13.1 Å². The van der Waals surface area contributed by atoms with Crippen molar-refractivity contribution in [3.05, 3.63) is 65.7 Å². The van der Waals surface area contributed by atoms with Gasteiger partial charge >= 0.3 is 0 Å². The van der Waals surface area contributed by atoms with Crippen LogP contribution in [-0.4, -0.2) is 30.0 Å². The zero-order valence-electron chi connectivity index (χ0n) is 14.2. The number of unbranched alkanes of at least 4 members (excludes halogenated alkanes) is 3. The van der Waals surface area contributed by atoms with Crippen LogP contribution < -0.4 is 10.6 Å². The lowest BCUT2D eigenvalue weighted by molar-refractivity contribution is 0.0941. The van der Waals surface area contributed by atoms with Crippen LogP contribution in [0.3, 0.4) is 0 Å². The van der Waals surface area contributed by atoms with Gasteiger partial charge in [-0.25, -0.2) is 0 Å². The summed E-state index contributed by atoms with van der Waals surface area (Å²) in [6.45, 7) is 1.22. The van der Waals surface area contributed by atoms with Gasteiger partial charge in [0.05, 0.1) is 5.56 Å². The molecule has 0 atom stereocenters. The summed E-state index contributed by atoms with van der Waals surface area (Å²) in [7, 11) is 0. The molecule has 0 saturated carbocycles. The average Bonchev–Trinajstić information content (AvgIpc) is 2.64. The zero-order valence-corrected chi connectivity index (χ0v) is 14.2. The maximum Gasteiger partial charge on any atom is 0.255 e. The number of amides is 2. The van der Waals surface area contributed by atoms with Crippen LogP contribution >= 0.6 is 0 Å². The first kappa shape index (κ1) is 18.5. The van der Waals surface area contributed by atoms with Crippen LogP contribution in [0.5, 0.6) is 5.75 Å². The van der Waals surface area contributed by atoms with Gasteiger partial charge in [0.1, 0.15) is 5.75 Å². The van der Waals surface area contributed by atoms with Gasteiger partial charge in [-0.2, -0.15) is 0 Å². The summed E-state index contributed by atoms with van der Waals surface area (Å²) < 4.78 is 0. The Bertz CT molecular complexity index is 686. The Balaban J connectivity index is 1.52. The number of phenolic OH excluding ortho intramolecular Hbond substituents is 1. The van der Waals surface area contributed by atoms with Gasteiger partial charge in [0.15, 0.2) is 0 Å². The van der Waals surface area contributed by atoms with Crippen LogP contribution in [0.2, 0.25) is 0 Å².